The first-order valence-corrected chi connectivity index (χ1v) is 6.01. The van der Waals surface area contributed by atoms with Crippen LogP contribution in [0, 0.1) is 0 Å². The van der Waals surface area contributed by atoms with Crippen molar-refractivity contribution in [2.45, 2.75) is 19.9 Å². The zero-order chi connectivity index (χ0) is 12.8. The summed E-state index contributed by atoms with van der Waals surface area (Å²) in [5.74, 6) is 1.15. The fraction of sp³-hybridized carbons (Fsp3) is 0.286. The minimum atomic E-state index is 0.566. The van der Waals surface area contributed by atoms with Gasteiger partial charge in [-0.15, -0.1) is 0 Å². The van der Waals surface area contributed by atoms with Crippen LogP contribution in [-0.4, -0.2) is 17.1 Å². The Labute approximate surface area is 107 Å². The third-order valence-corrected chi connectivity index (χ3v) is 2.78. The van der Waals surface area contributed by atoms with E-state index in [1.807, 2.05) is 6.07 Å². The van der Waals surface area contributed by atoms with E-state index in [1.165, 1.54) is 11.1 Å². The Kier molecular flexibility index (Phi) is 4.12. The number of anilines is 1. The van der Waals surface area contributed by atoms with Crippen molar-refractivity contribution in [3.05, 3.63) is 47.7 Å². The van der Waals surface area contributed by atoms with E-state index in [0.717, 1.165) is 13.0 Å². The standard InChI is InChI=1S/C14H17N3O/c1-3-11-6-4-5-7-12(11)10-16-14-15-9-8-13(17-14)18-2/h4-9H,3,10H2,1-2H3,(H,15,16,17). The summed E-state index contributed by atoms with van der Waals surface area (Å²) in [5, 5.41) is 3.21. The molecule has 0 atom stereocenters. The van der Waals surface area contributed by atoms with Crippen molar-refractivity contribution in [3.63, 3.8) is 0 Å². The Morgan fingerprint density at radius 3 is 2.67 bits per heavy atom. The minimum absolute atomic E-state index is 0.566. The van der Waals surface area contributed by atoms with E-state index in [9.17, 15) is 0 Å². The quantitative estimate of drug-likeness (QED) is 0.877. The van der Waals surface area contributed by atoms with Crippen LogP contribution in [0.15, 0.2) is 36.5 Å². The smallest absolute Gasteiger partial charge is 0.226 e. The van der Waals surface area contributed by atoms with Crippen molar-refractivity contribution in [1.82, 2.24) is 9.97 Å². The molecule has 0 radical (unpaired) electrons. The molecule has 4 nitrogen and oxygen atoms in total. The van der Waals surface area contributed by atoms with Crippen LogP contribution in [0.2, 0.25) is 0 Å². The van der Waals surface area contributed by atoms with Crippen molar-refractivity contribution in [2.24, 2.45) is 0 Å². The van der Waals surface area contributed by atoms with E-state index in [0.29, 0.717) is 11.8 Å². The lowest BCUT2D eigenvalue weighted by Gasteiger charge is -2.09. The molecule has 0 saturated carbocycles. The SMILES string of the molecule is CCc1ccccc1CNc1nccc(OC)n1. The zero-order valence-corrected chi connectivity index (χ0v) is 10.7. The van der Waals surface area contributed by atoms with Gasteiger partial charge < -0.3 is 10.1 Å². The molecule has 0 amide bonds. The van der Waals surface area contributed by atoms with Crippen LogP contribution in [0.4, 0.5) is 5.95 Å². The molecule has 1 aromatic heterocycles. The summed E-state index contributed by atoms with van der Waals surface area (Å²) in [4.78, 5) is 8.37. The van der Waals surface area contributed by atoms with Gasteiger partial charge in [0.25, 0.3) is 0 Å². The molecule has 1 heterocycles. The Morgan fingerprint density at radius 2 is 1.94 bits per heavy atom. The molecule has 0 fully saturated rings. The lowest BCUT2D eigenvalue weighted by molar-refractivity contribution is 0.397. The number of hydrogen-bond acceptors (Lipinski definition) is 4. The minimum Gasteiger partial charge on any atom is -0.481 e. The van der Waals surface area contributed by atoms with E-state index in [1.54, 1.807) is 19.4 Å². The van der Waals surface area contributed by atoms with Crippen molar-refractivity contribution in [2.75, 3.05) is 12.4 Å². The van der Waals surface area contributed by atoms with E-state index < -0.39 is 0 Å². The molecule has 2 rings (SSSR count). The second-order valence-electron chi connectivity index (χ2n) is 3.90. The summed E-state index contributed by atoms with van der Waals surface area (Å²) >= 11 is 0. The largest absolute Gasteiger partial charge is 0.481 e. The van der Waals surface area contributed by atoms with E-state index in [-0.39, 0.29) is 0 Å². The first kappa shape index (κ1) is 12.4. The van der Waals surface area contributed by atoms with Crippen LogP contribution < -0.4 is 10.1 Å². The molecule has 0 saturated heterocycles. The predicted octanol–water partition coefficient (Wildman–Crippen LogP) is 2.66. The third-order valence-electron chi connectivity index (χ3n) is 2.78. The van der Waals surface area contributed by atoms with Crippen molar-refractivity contribution >= 4 is 5.95 Å². The molecule has 2 aromatic rings. The maximum Gasteiger partial charge on any atom is 0.226 e. The number of aromatic nitrogens is 2. The van der Waals surface area contributed by atoms with Gasteiger partial charge >= 0.3 is 0 Å². The number of benzene rings is 1. The number of nitrogens with one attached hydrogen (secondary N) is 1. The van der Waals surface area contributed by atoms with Crippen LogP contribution in [-0.2, 0) is 13.0 Å². The maximum absolute atomic E-state index is 5.06. The molecule has 18 heavy (non-hydrogen) atoms. The number of nitrogens with zero attached hydrogens (tertiary/aromatic N) is 2. The monoisotopic (exact) mass is 243 g/mol. The molecular formula is C14H17N3O. The molecule has 0 aliphatic carbocycles. The molecule has 0 aliphatic rings. The fourth-order valence-electron chi connectivity index (χ4n) is 1.79. The highest BCUT2D eigenvalue weighted by atomic mass is 16.5. The highest BCUT2D eigenvalue weighted by molar-refractivity contribution is 5.33. The van der Waals surface area contributed by atoms with Crippen LogP contribution in [0.25, 0.3) is 0 Å². The molecule has 0 bridgehead atoms. The van der Waals surface area contributed by atoms with Crippen molar-refractivity contribution in [3.8, 4) is 5.88 Å². The molecule has 1 N–H and O–H groups in total. The summed E-state index contributed by atoms with van der Waals surface area (Å²) in [6, 6.07) is 10.1. The summed E-state index contributed by atoms with van der Waals surface area (Å²) in [7, 11) is 1.60. The molecule has 0 unspecified atom stereocenters. The van der Waals surface area contributed by atoms with E-state index >= 15 is 0 Å². The summed E-state index contributed by atoms with van der Waals surface area (Å²) < 4.78 is 5.06. The van der Waals surface area contributed by atoms with Gasteiger partial charge in [-0.1, -0.05) is 31.2 Å². The highest BCUT2D eigenvalue weighted by Gasteiger charge is 2.02. The van der Waals surface area contributed by atoms with Gasteiger partial charge in [-0.25, -0.2) is 4.98 Å². The maximum atomic E-state index is 5.06. The average Bonchev–Trinajstić information content (AvgIpc) is 2.45. The van der Waals surface area contributed by atoms with Crippen LogP contribution in [0.1, 0.15) is 18.1 Å². The molecule has 94 valence electrons. The number of rotatable bonds is 5. The average molecular weight is 243 g/mol. The number of methoxy groups -OCH3 is 1. The van der Waals surface area contributed by atoms with Crippen LogP contribution in [0.3, 0.4) is 0 Å². The van der Waals surface area contributed by atoms with E-state index in [2.05, 4.69) is 40.4 Å². The van der Waals surface area contributed by atoms with E-state index in [4.69, 9.17) is 4.74 Å². The van der Waals surface area contributed by atoms with Gasteiger partial charge in [0, 0.05) is 18.8 Å². The van der Waals surface area contributed by atoms with Crippen molar-refractivity contribution < 1.29 is 4.74 Å². The number of hydrogen-bond donors (Lipinski definition) is 1. The molecule has 0 spiro atoms. The van der Waals surface area contributed by atoms with Gasteiger partial charge in [0.1, 0.15) is 0 Å². The summed E-state index contributed by atoms with van der Waals surface area (Å²) in [6.45, 7) is 2.87. The van der Waals surface area contributed by atoms with Gasteiger partial charge in [0.15, 0.2) is 0 Å². The normalized spacial score (nSPS) is 10.1. The lowest BCUT2D eigenvalue weighted by Crippen LogP contribution is -2.05. The van der Waals surface area contributed by atoms with Gasteiger partial charge in [0.05, 0.1) is 7.11 Å². The Hall–Kier alpha value is -2.10. The van der Waals surface area contributed by atoms with Crippen LogP contribution in [0.5, 0.6) is 5.88 Å². The Bertz CT molecular complexity index is 514. The third kappa shape index (κ3) is 2.97. The Balaban J connectivity index is 2.06. The van der Waals surface area contributed by atoms with Gasteiger partial charge in [-0.3, -0.25) is 0 Å². The first-order chi connectivity index (χ1) is 8.83. The van der Waals surface area contributed by atoms with Crippen LogP contribution >= 0.6 is 0 Å². The number of aryl methyl sites for hydroxylation is 1. The first-order valence-electron chi connectivity index (χ1n) is 6.01. The zero-order valence-electron chi connectivity index (χ0n) is 10.7. The highest BCUT2D eigenvalue weighted by Crippen LogP contribution is 2.12. The lowest BCUT2D eigenvalue weighted by atomic mass is 10.1. The molecule has 0 aliphatic heterocycles. The van der Waals surface area contributed by atoms with Crippen molar-refractivity contribution in [1.29, 1.82) is 0 Å². The second-order valence-corrected chi connectivity index (χ2v) is 3.90. The summed E-state index contributed by atoms with van der Waals surface area (Å²) in [6.07, 6.45) is 2.71. The predicted molar refractivity (Wildman–Crippen MR) is 71.7 cm³/mol. The molecule has 4 heteroatoms. The van der Waals surface area contributed by atoms with Gasteiger partial charge in [0.2, 0.25) is 11.8 Å². The Morgan fingerprint density at radius 1 is 1.17 bits per heavy atom. The summed E-state index contributed by atoms with van der Waals surface area (Å²) in [5.41, 5.74) is 2.61. The van der Waals surface area contributed by atoms with Gasteiger partial charge in [-0.05, 0) is 17.5 Å². The van der Waals surface area contributed by atoms with Gasteiger partial charge in [-0.2, -0.15) is 4.98 Å². The molecule has 1 aromatic carbocycles. The second kappa shape index (κ2) is 6.00. The topological polar surface area (TPSA) is 47.0 Å². The molecular weight excluding hydrogens is 226 g/mol. The number of ether oxygens (including phenoxy) is 1. The fourth-order valence-corrected chi connectivity index (χ4v) is 1.79.